The topological polar surface area (TPSA) is 45.1 Å². The van der Waals surface area contributed by atoms with Crippen molar-refractivity contribution in [3.63, 3.8) is 0 Å². The molecular weight excluding hydrogens is 224 g/mol. The van der Waals surface area contributed by atoms with Crippen LogP contribution in [0, 0.1) is 12.8 Å². The van der Waals surface area contributed by atoms with Crippen LogP contribution in [-0.2, 0) is 0 Å². The highest BCUT2D eigenvalue weighted by atomic mass is 16.3. The van der Waals surface area contributed by atoms with Crippen molar-refractivity contribution in [2.75, 3.05) is 11.9 Å². The van der Waals surface area contributed by atoms with Crippen LogP contribution in [0.2, 0.25) is 0 Å². The molecule has 0 bridgehead atoms. The van der Waals surface area contributed by atoms with E-state index in [0.29, 0.717) is 12.5 Å². The highest BCUT2D eigenvalue weighted by molar-refractivity contribution is 5.91. The van der Waals surface area contributed by atoms with E-state index < -0.39 is 0 Å². The summed E-state index contributed by atoms with van der Waals surface area (Å²) in [6.45, 7) is 2.62. The molecule has 3 heteroatoms. The largest absolute Gasteiger partial charge is 0.391 e. The van der Waals surface area contributed by atoms with Gasteiger partial charge in [-0.05, 0) is 37.8 Å². The first-order valence-electron chi connectivity index (χ1n) is 6.52. The number of nitrogens with one attached hydrogen (secondary N) is 1. The maximum Gasteiger partial charge on any atom is 0.0740 e. The molecule has 2 aromatic rings. The molecule has 1 unspecified atom stereocenters. The molecule has 0 aliphatic heterocycles. The van der Waals surface area contributed by atoms with Crippen molar-refractivity contribution in [1.29, 1.82) is 0 Å². The van der Waals surface area contributed by atoms with Gasteiger partial charge in [-0.25, -0.2) is 0 Å². The van der Waals surface area contributed by atoms with Gasteiger partial charge in [0.15, 0.2) is 0 Å². The Morgan fingerprint density at radius 1 is 1.39 bits per heavy atom. The fourth-order valence-corrected chi connectivity index (χ4v) is 2.32. The van der Waals surface area contributed by atoms with E-state index in [4.69, 9.17) is 0 Å². The molecule has 0 amide bonds. The average Bonchev–Trinajstić information content (AvgIpc) is 3.19. The second kappa shape index (κ2) is 4.58. The van der Waals surface area contributed by atoms with Crippen molar-refractivity contribution in [2.45, 2.75) is 25.9 Å². The van der Waals surface area contributed by atoms with E-state index in [9.17, 15) is 5.11 Å². The number of hydrogen-bond acceptors (Lipinski definition) is 3. The molecule has 0 radical (unpaired) electrons. The van der Waals surface area contributed by atoms with E-state index in [-0.39, 0.29) is 6.10 Å². The molecule has 3 rings (SSSR count). The third kappa shape index (κ3) is 2.31. The number of pyridine rings is 1. The third-order valence-corrected chi connectivity index (χ3v) is 3.51. The van der Waals surface area contributed by atoms with Gasteiger partial charge < -0.3 is 10.4 Å². The van der Waals surface area contributed by atoms with E-state index in [1.807, 2.05) is 31.2 Å². The molecule has 18 heavy (non-hydrogen) atoms. The summed E-state index contributed by atoms with van der Waals surface area (Å²) >= 11 is 0. The number of aliphatic hydroxyl groups excluding tert-OH is 1. The summed E-state index contributed by atoms with van der Waals surface area (Å²) in [5, 5.41) is 14.4. The minimum absolute atomic E-state index is 0.225. The molecule has 0 saturated heterocycles. The van der Waals surface area contributed by atoms with Gasteiger partial charge in [0.05, 0.1) is 11.6 Å². The van der Waals surface area contributed by atoms with E-state index >= 15 is 0 Å². The van der Waals surface area contributed by atoms with Crippen LogP contribution in [-0.4, -0.2) is 22.7 Å². The minimum Gasteiger partial charge on any atom is -0.391 e. The molecule has 1 heterocycles. The number of fused-ring (bicyclic) bond motifs is 1. The van der Waals surface area contributed by atoms with Crippen LogP contribution >= 0.6 is 0 Å². The fraction of sp³-hybridized carbons (Fsp3) is 0.400. The molecule has 1 aliphatic carbocycles. The SMILES string of the molecule is Cc1cc(NCC(O)C2CC2)c2ccccc2n1. The Kier molecular flexibility index (Phi) is 2.92. The lowest BCUT2D eigenvalue weighted by atomic mass is 10.1. The van der Waals surface area contributed by atoms with Crippen molar-refractivity contribution in [3.8, 4) is 0 Å². The second-order valence-electron chi connectivity index (χ2n) is 5.11. The monoisotopic (exact) mass is 242 g/mol. The van der Waals surface area contributed by atoms with Crippen LogP contribution in [0.25, 0.3) is 10.9 Å². The molecule has 1 aromatic heterocycles. The molecule has 1 aliphatic rings. The molecular formula is C15H18N2O. The maximum atomic E-state index is 9.91. The van der Waals surface area contributed by atoms with Gasteiger partial charge in [-0.1, -0.05) is 18.2 Å². The van der Waals surface area contributed by atoms with Crippen LogP contribution < -0.4 is 5.32 Å². The molecule has 1 fully saturated rings. The summed E-state index contributed by atoms with van der Waals surface area (Å²) in [5.41, 5.74) is 3.07. The van der Waals surface area contributed by atoms with E-state index in [1.54, 1.807) is 0 Å². The number of aliphatic hydroxyl groups is 1. The number of aryl methyl sites for hydroxylation is 1. The van der Waals surface area contributed by atoms with Gasteiger partial charge in [0.25, 0.3) is 0 Å². The Morgan fingerprint density at radius 3 is 2.94 bits per heavy atom. The van der Waals surface area contributed by atoms with Gasteiger partial charge >= 0.3 is 0 Å². The standard InChI is InChI=1S/C15H18N2O/c1-10-8-14(16-9-15(18)11-6-7-11)12-4-2-3-5-13(12)17-10/h2-5,8,11,15,18H,6-7,9H2,1H3,(H,16,17). The lowest BCUT2D eigenvalue weighted by molar-refractivity contribution is 0.164. The Bertz CT molecular complexity index is 563. The number of anilines is 1. The average molecular weight is 242 g/mol. The Labute approximate surface area is 107 Å². The molecule has 3 nitrogen and oxygen atoms in total. The normalized spacial score (nSPS) is 16.8. The van der Waals surface area contributed by atoms with E-state index in [1.165, 1.54) is 12.8 Å². The molecule has 0 spiro atoms. The molecule has 2 N–H and O–H groups in total. The quantitative estimate of drug-likeness (QED) is 0.866. The number of aromatic nitrogens is 1. The molecule has 1 aromatic carbocycles. The predicted molar refractivity (Wildman–Crippen MR) is 73.7 cm³/mol. The lowest BCUT2D eigenvalue weighted by Gasteiger charge is -2.14. The van der Waals surface area contributed by atoms with Gasteiger partial charge in [0.1, 0.15) is 0 Å². The van der Waals surface area contributed by atoms with Crippen LogP contribution in [0.1, 0.15) is 18.5 Å². The maximum absolute atomic E-state index is 9.91. The van der Waals surface area contributed by atoms with Crippen LogP contribution in [0.5, 0.6) is 0 Å². The summed E-state index contributed by atoms with van der Waals surface area (Å²) in [6, 6.07) is 10.1. The number of para-hydroxylation sites is 1. The second-order valence-corrected chi connectivity index (χ2v) is 5.11. The summed E-state index contributed by atoms with van der Waals surface area (Å²) in [6.07, 6.45) is 2.11. The Morgan fingerprint density at radius 2 is 2.17 bits per heavy atom. The zero-order valence-electron chi connectivity index (χ0n) is 10.6. The van der Waals surface area contributed by atoms with Gasteiger partial charge in [0, 0.05) is 23.3 Å². The van der Waals surface area contributed by atoms with Gasteiger partial charge in [-0.3, -0.25) is 4.98 Å². The third-order valence-electron chi connectivity index (χ3n) is 3.51. The lowest BCUT2D eigenvalue weighted by Crippen LogP contribution is -2.21. The number of benzene rings is 1. The predicted octanol–water partition coefficient (Wildman–Crippen LogP) is 2.73. The fourth-order valence-electron chi connectivity index (χ4n) is 2.32. The molecule has 1 atom stereocenters. The highest BCUT2D eigenvalue weighted by Crippen LogP contribution is 2.33. The van der Waals surface area contributed by atoms with Gasteiger partial charge in [-0.2, -0.15) is 0 Å². The van der Waals surface area contributed by atoms with Crippen LogP contribution in [0.4, 0.5) is 5.69 Å². The highest BCUT2D eigenvalue weighted by Gasteiger charge is 2.29. The van der Waals surface area contributed by atoms with E-state index in [0.717, 1.165) is 22.3 Å². The zero-order chi connectivity index (χ0) is 12.5. The summed E-state index contributed by atoms with van der Waals surface area (Å²) in [7, 11) is 0. The Hall–Kier alpha value is -1.61. The number of rotatable bonds is 4. The summed E-state index contributed by atoms with van der Waals surface area (Å²) < 4.78 is 0. The Balaban J connectivity index is 1.85. The molecule has 94 valence electrons. The van der Waals surface area contributed by atoms with Crippen molar-refractivity contribution in [3.05, 3.63) is 36.0 Å². The first-order chi connectivity index (χ1) is 8.74. The smallest absolute Gasteiger partial charge is 0.0740 e. The zero-order valence-corrected chi connectivity index (χ0v) is 10.6. The van der Waals surface area contributed by atoms with Crippen LogP contribution in [0.15, 0.2) is 30.3 Å². The summed E-state index contributed by atoms with van der Waals surface area (Å²) in [4.78, 5) is 4.51. The van der Waals surface area contributed by atoms with Gasteiger partial charge in [-0.15, -0.1) is 0 Å². The van der Waals surface area contributed by atoms with Gasteiger partial charge in [0.2, 0.25) is 0 Å². The number of hydrogen-bond donors (Lipinski definition) is 2. The molecule has 1 saturated carbocycles. The first kappa shape index (κ1) is 11.5. The van der Waals surface area contributed by atoms with Crippen molar-refractivity contribution in [1.82, 2.24) is 4.98 Å². The first-order valence-corrected chi connectivity index (χ1v) is 6.52. The summed E-state index contributed by atoms with van der Waals surface area (Å²) in [5.74, 6) is 0.506. The van der Waals surface area contributed by atoms with Crippen LogP contribution in [0.3, 0.4) is 0 Å². The number of nitrogens with zero attached hydrogens (tertiary/aromatic N) is 1. The van der Waals surface area contributed by atoms with E-state index in [2.05, 4.69) is 16.4 Å². The van der Waals surface area contributed by atoms with Crippen molar-refractivity contribution < 1.29 is 5.11 Å². The minimum atomic E-state index is -0.225. The van der Waals surface area contributed by atoms with Crippen molar-refractivity contribution >= 4 is 16.6 Å². The van der Waals surface area contributed by atoms with Crippen molar-refractivity contribution in [2.24, 2.45) is 5.92 Å².